The zero-order valence-electron chi connectivity index (χ0n) is 22.8. The van der Waals surface area contributed by atoms with Gasteiger partial charge in [0.15, 0.2) is 6.61 Å². The van der Waals surface area contributed by atoms with Gasteiger partial charge in [-0.2, -0.15) is 0 Å². The summed E-state index contributed by atoms with van der Waals surface area (Å²) in [5, 5.41) is 14.2. The van der Waals surface area contributed by atoms with Crippen LogP contribution in [0.1, 0.15) is 37.0 Å². The third kappa shape index (κ3) is 8.29. The molecule has 9 nitrogen and oxygen atoms in total. The van der Waals surface area contributed by atoms with Gasteiger partial charge in [0.05, 0.1) is 12.0 Å². The molecule has 0 bridgehead atoms. The lowest BCUT2D eigenvalue weighted by molar-refractivity contribution is -0.385. The summed E-state index contributed by atoms with van der Waals surface area (Å²) in [7, 11) is 1.32. The Bertz CT molecular complexity index is 1260. The van der Waals surface area contributed by atoms with Crippen LogP contribution in [0.5, 0.6) is 11.5 Å². The van der Waals surface area contributed by atoms with Gasteiger partial charge in [0, 0.05) is 31.1 Å². The lowest BCUT2D eigenvalue weighted by Gasteiger charge is -2.32. The highest BCUT2D eigenvalue weighted by Crippen LogP contribution is 2.30. The molecule has 0 radical (unpaired) electrons. The minimum atomic E-state index is -0.787. The number of nitro benzene ring substituents is 1. The summed E-state index contributed by atoms with van der Waals surface area (Å²) in [5.74, 6) is -0.375. The van der Waals surface area contributed by atoms with Crippen molar-refractivity contribution in [2.75, 3.05) is 13.7 Å². The van der Waals surface area contributed by atoms with E-state index in [4.69, 9.17) is 9.47 Å². The molecule has 3 aromatic carbocycles. The summed E-state index contributed by atoms with van der Waals surface area (Å²) in [6, 6.07) is 20.5. The van der Waals surface area contributed by atoms with Crippen LogP contribution in [0.2, 0.25) is 0 Å². The second kappa shape index (κ2) is 13.9. The van der Waals surface area contributed by atoms with E-state index in [0.717, 1.165) is 23.1 Å². The molecule has 0 saturated carbocycles. The molecule has 2 amide bonds. The van der Waals surface area contributed by atoms with Crippen LogP contribution in [0.3, 0.4) is 0 Å². The molecular formula is C30H35N3O6. The molecule has 2 atom stereocenters. The van der Waals surface area contributed by atoms with Gasteiger partial charge in [-0.25, -0.2) is 0 Å². The molecule has 3 aromatic rings. The molecule has 0 spiro atoms. The SMILES string of the molecule is CC[C@H](C)NC(=O)[C@@H](Cc1ccccc1)N(Cc1ccc(C)cc1)C(=O)COc1ccc([N+](=O)[O-])c(OC)c1. The first-order valence-electron chi connectivity index (χ1n) is 12.9. The van der Waals surface area contributed by atoms with Gasteiger partial charge in [-0.3, -0.25) is 19.7 Å². The Morgan fingerprint density at radius 2 is 1.72 bits per heavy atom. The van der Waals surface area contributed by atoms with Crippen molar-refractivity contribution < 1.29 is 24.0 Å². The van der Waals surface area contributed by atoms with E-state index in [2.05, 4.69) is 5.32 Å². The Morgan fingerprint density at radius 1 is 1.03 bits per heavy atom. The summed E-state index contributed by atoms with van der Waals surface area (Å²) in [6.07, 6.45) is 1.08. The molecule has 39 heavy (non-hydrogen) atoms. The average Bonchev–Trinajstić information content (AvgIpc) is 2.94. The molecule has 0 saturated heterocycles. The number of carbonyl (C=O) groups excluding carboxylic acids is 2. The van der Waals surface area contributed by atoms with Gasteiger partial charge in [0.1, 0.15) is 11.8 Å². The molecular weight excluding hydrogens is 498 g/mol. The molecule has 3 rings (SSSR count). The molecule has 0 fully saturated rings. The average molecular weight is 534 g/mol. The van der Waals surface area contributed by atoms with Crippen LogP contribution in [-0.4, -0.2) is 47.4 Å². The standard InChI is InChI=1S/C30H35N3O6/c1-5-22(3)31-30(35)27(17-23-9-7-6-8-10-23)32(19-24-13-11-21(2)12-14-24)29(34)20-39-25-15-16-26(33(36)37)28(18-25)38-4/h6-16,18,22,27H,5,17,19-20H2,1-4H3,(H,31,35)/t22-,27+/m0/s1. The number of rotatable bonds is 13. The van der Waals surface area contributed by atoms with Crippen molar-refractivity contribution in [1.29, 1.82) is 0 Å². The van der Waals surface area contributed by atoms with Gasteiger partial charge in [0.25, 0.3) is 5.91 Å². The lowest BCUT2D eigenvalue weighted by Crippen LogP contribution is -2.53. The number of hydrogen-bond donors (Lipinski definition) is 1. The number of nitro groups is 1. The summed E-state index contributed by atoms with van der Waals surface area (Å²) in [4.78, 5) is 39.4. The minimum Gasteiger partial charge on any atom is -0.490 e. The molecule has 9 heteroatoms. The van der Waals surface area contributed by atoms with Gasteiger partial charge in [-0.15, -0.1) is 0 Å². The van der Waals surface area contributed by atoms with Crippen LogP contribution in [0, 0.1) is 17.0 Å². The first-order valence-corrected chi connectivity index (χ1v) is 12.9. The number of aryl methyl sites for hydroxylation is 1. The van der Waals surface area contributed by atoms with E-state index in [1.165, 1.54) is 30.2 Å². The minimum absolute atomic E-state index is 0.0244. The molecule has 0 aliphatic rings. The van der Waals surface area contributed by atoms with Crippen molar-refractivity contribution >= 4 is 17.5 Å². The van der Waals surface area contributed by atoms with Gasteiger partial charge in [-0.1, -0.05) is 67.1 Å². The Morgan fingerprint density at radius 3 is 2.33 bits per heavy atom. The van der Waals surface area contributed by atoms with E-state index < -0.39 is 16.9 Å². The van der Waals surface area contributed by atoms with E-state index >= 15 is 0 Å². The fourth-order valence-corrected chi connectivity index (χ4v) is 4.01. The normalized spacial score (nSPS) is 12.2. The summed E-state index contributed by atoms with van der Waals surface area (Å²) >= 11 is 0. The first-order chi connectivity index (χ1) is 18.7. The third-order valence-electron chi connectivity index (χ3n) is 6.46. The zero-order valence-corrected chi connectivity index (χ0v) is 22.8. The molecule has 1 N–H and O–H groups in total. The van der Waals surface area contributed by atoms with Crippen molar-refractivity contribution in [3.63, 3.8) is 0 Å². The number of amides is 2. The molecule has 0 heterocycles. The second-order valence-electron chi connectivity index (χ2n) is 9.41. The van der Waals surface area contributed by atoms with E-state index in [1.807, 2.05) is 75.4 Å². The predicted molar refractivity (Wildman–Crippen MR) is 149 cm³/mol. The Hall–Kier alpha value is -4.40. The number of carbonyl (C=O) groups is 2. The first kappa shape index (κ1) is 29.2. The van der Waals surface area contributed by atoms with Gasteiger partial charge in [-0.05, 0) is 37.5 Å². The van der Waals surface area contributed by atoms with E-state index in [-0.39, 0.29) is 42.3 Å². The molecule has 0 aliphatic carbocycles. The maximum atomic E-state index is 13.7. The van der Waals surface area contributed by atoms with Crippen molar-refractivity contribution in [1.82, 2.24) is 10.2 Å². The number of nitrogens with zero attached hydrogens (tertiary/aromatic N) is 2. The van der Waals surface area contributed by atoms with E-state index in [1.54, 1.807) is 0 Å². The van der Waals surface area contributed by atoms with Crippen LogP contribution >= 0.6 is 0 Å². The number of ether oxygens (including phenoxy) is 2. The molecule has 206 valence electrons. The number of hydrogen-bond acceptors (Lipinski definition) is 6. The van der Waals surface area contributed by atoms with Crippen molar-refractivity contribution in [3.8, 4) is 11.5 Å². The van der Waals surface area contributed by atoms with Crippen LogP contribution in [-0.2, 0) is 22.6 Å². The van der Waals surface area contributed by atoms with Crippen molar-refractivity contribution in [3.05, 3.63) is 99.6 Å². The largest absolute Gasteiger partial charge is 0.490 e. The second-order valence-corrected chi connectivity index (χ2v) is 9.41. The monoisotopic (exact) mass is 533 g/mol. The van der Waals surface area contributed by atoms with Crippen LogP contribution in [0.25, 0.3) is 0 Å². The highest BCUT2D eigenvalue weighted by molar-refractivity contribution is 5.88. The highest BCUT2D eigenvalue weighted by atomic mass is 16.6. The number of benzene rings is 3. The highest BCUT2D eigenvalue weighted by Gasteiger charge is 2.31. The van der Waals surface area contributed by atoms with E-state index in [9.17, 15) is 19.7 Å². The Kier molecular flexibility index (Phi) is 10.4. The van der Waals surface area contributed by atoms with Crippen LogP contribution in [0.15, 0.2) is 72.8 Å². The Labute approximate surface area is 228 Å². The molecule has 0 unspecified atom stereocenters. The van der Waals surface area contributed by atoms with E-state index in [0.29, 0.717) is 6.42 Å². The zero-order chi connectivity index (χ0) is 28.4. The summed E-state index contributed by atoms with van der Waals surface area (Å²) < 4.78 is 10.8. The number of nitrogens with one attached hydrogen (secondary N) is 1. The van der Waals surface area contributed by atoms with Gasteiger partial charge < -0.3 is 19.7 Å². The fraction of sp³-hybridized carbons (Fsp3) is 0.333. The molecule has 0 aliphatic heterocycles. The fourth-order valence-electron chi connectivity index (χ4n) is 4.01. The Balaban J connectivity index is 1.91. The predicted octanol–water partition coefficient (Wildman–Crippen LogP) is 4.85. The van der Waals surface area contributed by atoms with Crippen LogP contribution in [0.4, 0.5) is 5.69 Å². The summed E-state index contributed by atoms with van der Waals surface area (Å²) in [6.45, 7) is 5.73. The molecule has 0 aromatic heterocycles. The van der Waals surface area contributed by atoms with Crippen LogP contribution < -0.4 is 14.8 Å². The van der Waals surface area contributed by atoms with Gasteiger partial charge >= 0.3 is 5.69 Å². The van der Waals surface area contributed by atoms with Crippen molar-refractivity contribution in [2.45, 2.75) is 52.2 Å². The maximum Gasteiger partial charge on any atom is 0.311 e. The third-order valence-corrected chi connectivity index (χ3v) is 6.46. The topological polar surface area (TPSA) is 111 Å². The quantitative estimate of drug-likeness (QED) is 0.249. The summed E-state index contributed by atoms with van der Waals surface area (Å²) in [5.41, 5.74) is 2.68. The smallest absolute Gasteiger partial charge is 0.311 e. The number of methoxy groups -OCH3 is 1. The van der Waals surface area contributed by atoms with Crippen molar-refractivity contribution in [2.24, 2.45) is 0 Å². The maximum absolute atomic E-state index is 13.7. The van der Waals surface area contributed by atoms with Gasteiger partial charge in [0.2, 0.25) is 11.7 Å². The lowest BCUT2D eigenvalue weighted by atomic mass is 10.0.